The predicted molar refractivity (Wildman–Crippen MR) is 167 cm³/mol. The summed E-state index contributed by atoms with van der Waals surface area (Å²) in [7, 11) is 4.43. The summed E-state index contributed by atoms with van der Waals surface area (Å²) in [6.07, 6.45) is 1.73. The first kappa shape index (κ1) is 29.2. The second kappa shape index (κ2) is 12.0. The fourth-order valence-corrected chi connectivity index (χ4v) is 7.03. The molecule has 1 N–H and O–H groups in total. The topological polar surface area (TPSA) is 128 Å². The van der Waals surface area contributed by atoms with Crippen molar-refractivity contribution in [1.82, 2.24) is 19.6 Å². The summed E-state index contributed by atoms with van der Waals surface area (Å²) >= 11 is 2.65. The Morgan fingerprint density at radius 2 is 1.68 bits per heavy atom. The van der Waals surface area contributed by atoms with Gasteiger partial charge in [-0.2, -0.15) is 0 Å². The van der Waals surface area contributed by atoms with E-state index in [1.54, 1.807) is 41.8 Å². The molecule has 44 heavy (non-hydrogen) atoms. The van der Waals surface area contributed by atoms with Crippen LogP contribution in [0.4, 0.5) is 5.13 Å². The summed E-state index contributed by atoms with van der Waals surface area (Å²) in [6, 6.07) is 17.5. The van der Waals surface area contributed by atoms with Gasteiger partial charge in [0.2, 0.25) is 10.9 Å². The maximum Gasteiger partial charge on any atom is 0.301 e. The average molecular weight is 630 g/mol. The number of Topliss-reactive ketones (excluding diaryl/α,β-unsaturated/α-hetero) is 1. The Kier molecular flexibility index (Phi) is 7.97. The molecule has 0 spiro atoms. The van der Waals surface area contributed by atoms with E-state index in [-0.39, 0.29) is 16.5 Å². The molecular weight excluding hydrogens is 603 g/mol. The largest absolute Gasteiger partial charge is 0.505 e. The molecule has 0 bridgehead atoms. The number of carbonyl (C=O) groups is 2. The van der Waals surface area contributed by atoms with Crippen molar-refractivity contribution < 1.29 is 28.9 Å². The molecule has 1 amide bonds. The molecule has 1 aliphatic rings. The summed E-state index contributed by atoms with van der Waals surface area (Å²) in [5.74, 6) is -0.483. The number of aliphatic hydroxyl groups is 1. The van der Waals surface area contributed by atoms with Gasteiger partial charge in [0.05, 0.1) is 38.6 Å². The normalized spacial score (nSPS) is 16.1. The molecule has 0 saturated carbocycles. The van der Waals surface area contributed by atoms with E-state index in [0.29, 0.717) is 49.9 Å². The first-order valence-electron chi connectivity index (χ1n) is 13.4. The van der Waals surface area contributed by atoms with Crippen LogP contribution in [-0.2, 0) is 15.3 Å². The standard InChI is InChI=1S/C31H27N5O6S2/c1-17-24(35-13-9-8-12-22(35)32-17)26(37)23-25(19-14-20(40-2)28(42-4)21(15-19)41-3)36(29(39)27(23)38)30-33-34-31(44-30)43-16-18-10-6-5-7-11-18/h5-15,25,37H,16H2,1-4H3. The number of fused-ring (bicyclic) bond motifs is 1. The van der Waals surface area contributed by atoms with Crippen LogP contribution in [0.15, 0.2) is 76.8 Å². The minimum atomic E-state index is -1.10. The van der Waals surface area contributed by atoms with Crippen LogP contribution in [-0.4, -0.2) is 57.7 Å². The molecule has 11 nitrogen and oxygen atoms in total. The molecule has 2 aromatic carbocycles. The van der Waals surface area contributed by atoms with E-state index >= 15 is 0 Å². The smallest absolute Gasteiger partial charge is 0.301 e. The third kappa shape index (κ3) is 5.03. The maximum absolute atomic E-state index is 13.8. The van der Waals surface area contributed by atoms with E-state index in [0.717, 1.165) is 5.56 Å². The molecular formula is C31H27N5O6S2. The zero-order valence-electron chi connectivity index (χ0n) is 24.2. The highest BCUT2D eigenvalue weighted by molar-refractivity contribution is 8.00. The first-order chi connectivity index (χ1) is 21.4. The van der Waals surface area contributed by atoms with Gasteiger partial charge in [0.1, 0.15) is 11.3 Å². The molecule has 224 valence electrons. The van der Waals surface area contributed by atoms with Gasteiger partial charge in [-0.05, 0) is 42.3 Å². The summed E-state index contributed by atoms with van der Waals surface area (Å²) in [6.45, 7) is 1.73. The number of aromatic nitrogens is 4. The first-order valence-corrected chi connectivity index (χ1v) is 15.2. The van der Waals surface area contributed by atoms with Crippen LogP contribution in [0.2, 0.25) is 0 Å². The van der Waals surface area contributed by atoms with Gasteiger partial charge < -0.3 is 19.3 Å². The zero-order chi connectivity index (χ0) is 31.0. The number of ether oxygens (including phenoxy) is 3. The highest BCUT2D eigenvalue weighted by atomic mass is 32.2. The lowest BCUT2D eigenvalue weighted by Gasteiger charge is -2.24. The quantitative estimate of drug-likeness (QED) is 0.0740. The third-order valence-corrected chi connectivity index (χ3v) is 9.31. The van der Waals surface area contributed by atoms with Crippen molar-refractivity contribution >= 4 is 51.3 Å². The van der Waals surface area contributed by atoms with Gasteiger partial charge in [-0.1, -0.05) is 59.5 Å². The van der Waals surface area contributed by atoms with E-state index in [9.17, 15) is 14.7 Å². The maximum atomic E-state index is 13.8. The minimum Gasteiger partial charge on any atom is -0.505 e. The number of hydrogen-bond donors (Lipinski definition) is 1. The van der Waals surface area contributed by atoms with Gasteiger partial charge in [0.25, 0.3) is 5.78 Å². The van der Waals surface area contributed by atoms with Crippen LogP contribution in [0.3, 0.4) is 0 Å². The predicted octanol–water partition coefficient (Wildman–Crippen LogP) is 5.44. The lowest BCUT2D eigenvalue weighted by molar-refractivity contribution is -0.132. The fourth-order valence-electron chi connectivity index (χ4n) is 5.21. The van der Waals surface area contributed by atoms with Crippen LogP contribution >= 0.6 is 23.1 Å². The van der Waals surface area contributed by atoms with Gasteiger partial charge in [0, 0.05) is 11.9 Å². The van der Waals surface area contributed by atoms with Crippen molar-refractivity contribution in [3.8, 4) is 17.2 Å². The van der Waals surface area contributed by atoms with Crippen LogP contribution in [0.5, 0.6) is 17.2 Å². The van der Waals surface area contributed by atoms with Gasteiger partial charge in [-0.15, -0.1) is 10.2 Å². The Morgan fingerprint density at radius 1 is 0.977 bits per heavy atom. The van der Waals surface area contributed by atoms with Gasteiger partial charge >= 0.3 is 5.91 Å². The Balaban J connectivity index is 1.52. The van der Waals surface area contributed by atoms with E-state index in [2.05, 4.69) is 15.2 Å². The number of aliphatic hydroxyl groups excluding tert-OH is 1. The Morgan fingerprint density at radius 3 is 2.36 bits per heavy atom. The van der Waals surface area contributed by atoms with Crippen LogP contribution in [0, 0.1) is 6.92 Å². The molecule has 1 saturated heterocycles. The lowest BCUT2D eigenvalue weighted by Crippen LogP contribution is -2.29. The summed E-state index contributed by atoms with van der Waals surface area (Å²) < 4.78 is 19.0. The van der Waals surface area contributed by atoms with Crippen molar-refractivity contribution in [1.29, 1.82) is 0 Å². The molecule has 3 aromatic heterocycles. The number of carbonyl (C=O) groups excluding carboxylic acids is 2. The lowest BCUT2D eigenvalue weighted by atomic mass is 9.95. The molecule has 1 atom stereocenters. The summed E-state index contributed by atoms with van der Waals surface area (Å²) in [5.41, 5.74) is 2.77. The van der Waals surface area contributed by atoms with Crippen LogP contribution in [0.25, 0.3) is 11.4 Å². The molecule has 1 unspecified atom stereocenters. The Hall–Kier alpha value is -4.88. The van der Waals surface area contributed by atoms with Crippen LogP contribution in [0.1, 0.15) is 28.6 Å². The van der Waals surface area contributed by atoms with E-state index < -0.39 is 17.7 Å². The Bertz CT molecular complexity index is 1890. The molecule has 1 fully saturated rings. The van der Waals surface area contributed by atoms with E-state index in [4.69, 9.17) is 14.2 Å². The fraction of sp³-hybridized carbons (Fsp3) is 0.194. The van der Waals surface area contributed by atoms with Crippen molar-refractivity contribution in [3.63, 3.8) is 0 Å². The number of nitrogens with zero attached hydrogens (tertiary/aromatic N) is 5. The molecule has 0 radical (unpaired) electrons. The number of ketones is 1. The van der Waals surface area contributed by atoms with Gasteiger partial charge in [0.15, 0.2) is 21.6 Å². The van der Waals surface area contributed by atoms with Crippen molar-refractivity contribution in [3.05, 3.63) is 94.9 Å². The molecule has 0 aliphatic carbocycles. The molecule has 1 aliphatic heterocycles. The van der Waals surface area contributed by atoms with E-state index in [1.165, 1.54) is 49.3 Å². The number of thioether (sulfide) groups is 1. The minimum absolute atomic E-state index is 0.133. The third-order valence-electron chi connectivity index (χ3n) is 7.18. The highest BCUT2D eigenvalue weighted by Gasteiger charge is 2.49. The van der Waals surface area contributed by atoms with E-state index in [1.807, 2.05) is 36.4 Å². The number of benzene rings is 2. The number of methoxy groups -OCH3 is 3. The van der Waals surface area contributed by atoms with Gasteiger partial charge in [-0.25, -0.2) is 4.98 Å². The number of amides is 1. The number of imidazole rings is 1. The molecule has 13 heteroatoms. The number of pyridine rings is 1. The van der Waals surface area contributed by atoms with Crippen molar-refractivity contribution in [2.75, 3.05) is 26.2 Å². The molecule has 6 rings (SSSR count). The highest BCUT2D eigenvalue weighted by Crippen LogP contribution is 2.48. The number of hydrogen-bond acceptors (Lipinski definition) is 11. The van der Waals surface area contributed by atoms with Crippen molar-refractivity contribution in [2.45, 2.75) is 23.1 Å². The molecule has 4 heterocycles. The van der Waals surface area contributed by atoms with Crippen molar-refractivity contribution in [2.24, 2.45) is 0 Å². The van der Waals surface area contributed by atoms with Gasteiger partial charge in [-0.3, -0.25) is 18.9 Å². The summed E-state index contributed by atoms with van der Waals surface area (Å²) in [5, 5.41) is 20.6. The second-order valence-corrected chi connectivity index (χ2v) is 11.9. The SMILES string of the molecule is COc1cc(C2C(=C(O)c3c(C)nc4ccccn34)C(=O)C(=O)N2c2nnc(SCc3ccccc3)s2)cc(OC)c1OC. The number of anilines is 1. The second-order valence-electron chi connectivity index (χ2n) is 9.73. The number of aryl methyl sites for hydroxylation is 1. The van der Waals surface area contributed by atoms with Crippen LogP contribution < -0.4 is 19.1 Å². The average Bonchev–Trinajstić information content (AvgIpc) is 3.72. The summed E-state index contributed by atoms with van der Waals surface area (Å²) in [4.78, 5) is 33.4. The Labute approximate surface area is 260 Å². The monoisotopic (exact) mass is 629 g/mol. The zero-order valence-corrected chi connectivity index (χ0v) is 25.8. The number of rotatable bonds is 9. The molecule has 5 aromatic rings.